The Bertz CT molecular complexity index is 348. The molecule has 0 bridgehead atoms. The number of phenolic OH excluding ortho intramolecular Hbond substituents is 1. The zero-order chi connectivity index (χ0) is 10.1. The zero-order valence-corrected chi connectivity index (χ0v) is 7.56. The summed E-state index contributed by atoms with van der Waals surface area (Å²) < 4.78 is 26.3. The third-order valence-electron chi connectivity index (χ3n) is 2.50. The van der Waals surface area contributed by atoms with Crippen LogP contribution >= 0.6 is 0 Å². The van der Waals surface area contributed by atoms with Gasteiger partial charge in [-0.15, -0.1) is 0 Å². The molecule has 1 saturated heterocycles. The number of phenols is 1. The van der Waals surface area contributed by atoms with Gasteiger partial charge in [-0.2, -0.15) is 0 Å². The Labute approximate surface area is 80.6 Å². The fourth-order valence-electron chi connectivity index (χ4n) is 1.77. The van der Waals surface area contributed by atoms with Gasteiger partial charge in [-0.25, -0.2) is 8.78 Å². The van der Waals surface area contributed by atoms with Crippen LogP contribution in [0.5, 0.6) is 5.75 Å². The van der Waals surface area contributed by atoms with E-state index in [2.05, 4.69) is 5.32 Å². The smallest absolute Gasteiger partial charge is 0.165 e. The van der Waals surface area contributed by atoms with E-state index in [1.54, 1.807) is 0 Å². The van der Waals surface area contributed by atoms with Gasteiger partial charge in [0.15, 0.2) is 11.6 Å². The van der Waals surface area contributed by atoms with E-state index in [0.717, 1.165) is 31.5 Å². The first-order chi connectivity index (χ1) is 6.68. The minimum atomic E-state index is -0.768. The molecule has 1 aromatic carbocycles. The number of hydrogen-bond acceptors (Lipinski definition) is 2. The highest BCUT2D eigenvalue weighted by atomic mass is 19.1. The lowest BCUT2D eigenvalue weighted by Crippen LogP contribution is -2.14. The number of nitrogens with one attached hydrogen (secondary N) is 1. The first kappa shape index (κ1) is 9.40. The molecule has 2 rings (SSSR count). The van der Waals surface area contributed by atoms with Gasteiger partial charge < -0.3 is 10.4 Å². The molecular formula is C10H11F2NO. The Kier molecular flexibility index (Phi) is 2.37. The molecular weight excluding hydrogens is 188 g/mol. The molecule has 0 radical (unpaired) electrons. The molecule has 1 aliphatic rings. The van der Waals surface area contributed by atoms with E-state index in [1.807, 2.05) is 0 Å². The SMILES string of the molecule is Oc1cc(F)c(C2CCCN2)cc1F. The van der Waals surface area contributed by atoms with E-state index < -0.39 is 17.4 Å². The molecule has 0 spiro atoms. The number of hydrogen-bond donors (Lipinski definition) is 2. The minimum absolute atomic E-state index is 0.120. The number of rotatable bonds is 1. The van der Waals surface area contributed by atoms with Gasteiger partial charge in [0.05, 0.1) is 0 Å². The van der Waals surface area contributed by atoms with Crippen molar-refractivity contribution in [2.75, 3.05) is 6.54 Å². The zero-order valence-electron chi connectivity index (χ0n) is 7.56. The molecule has 1 atom stereocenters. The first-order valence-corrected chi connectivity index (χ1v) is 4.60. The molecule has 14 heavy (non-hydrogen) atoms. The maximum atomic E-state index is 13.3. The summed E-state index contributed by atoms with van der Waals surface area (Å²) in [4.78, 5) is 0. The number of halogens is 2. The van der Waals surface area contributed by atoms with Crippen molar-refractivity contribution >= 4 is 0 Å². The second-order valence-electron chi connectivity index (χ2n) is 3.47. The summed E-state index contributed by atoms with van der Waals surface area (Å²) in [6.07, 6.45) is 1.77. The van der Waals surface area contributed by atoms with Gasteiger partial charge in [-0.1, -0.05) is 0 Å². The maximum Gasteiger partial charge on any atom is 0.165 e. The van der Waals surface area contributed by atoms with E-state index in [-0.39, 0.29) is 6.04 Å². The Morgan fingerprint density at radius 3 is 2.71 bits per heavy atom. The van der Waals surface area contributed by atoms with Gasteiger partial charge in [-0.05, 0) is 25.5 Å². The molecule has 1 aromatic rings. The van der Waals surface area contributed by atoms with Crippen LogP contribution in [-0.4, -0.2) is 11.7 Å². The second kappa shape index (κ2) is 3.53. The fraction of sp³-hybridized carbons (Fsp3) is 0.400. The van der Waals surface area contributed by atoms with Crippen molar-refractivity contribution in [2.24, 2.45) is 0 Å². The average molecular weight is 199 g/mol. The van der Waals surface area contributed by atoms with Crippen LogP contribution in [0.1, 0.15) is 24.4 Å². The molecule has 1 unspecified atom stereocenters. The van der Waals surface area contributed by atoms with Crippen molar-refractivity contribution in [2.45, 2.75) is 18.9 Å². The highest BCUT2D eigenvalue weighted by molar-refractivity contribution is 5.31. The van der Waals surface area contributed by atoms with Crippen LogP contribution < -0.4 is 5.32 Å². The fourth-order valence-corrected chi connectivity index (χ4v) is 1.77. The van der Waals surface area contributed by atoms with Crippen molar-refractivity contribution in [3.63, 3.8) is 0 Å². The predicted octanol–water partition coefficient (Wildman–Crippen LogP) is 2.09. The van der Waals surface area contributed by atoms with Gasteiger partial charge in [0, 0.05) is 17.7 Å². The van der Waals surface area contributed by atoms with Crippen LogP contribution in [0.2, 0.25) is 0 Å². The van der Waals surface area contributed by atoms with Gasteiger partial charge in [-0.3, -0.25) is 0 Å². The molecule has 0 aromatic heterocycles. The summed E-state index contributed by atoms with van der Waals surface area (Å²) >= 11 is 0. The Morgan fingerprint density at radius 1 is 1.29 bits per heavy atom. The highest BCUT2D eigenvalue weighted by Gasteiger charge is 2.21. The number of benzene rings is 1. The van der Waals surface area contributed by atoms with Crippen molar-refractivity contribution < 1.29 is 13.9 Å². The summed E-state index contributed by atoms with van der Waals surface area (Å²) in [5, 5.41) is 12.0. The molecule has 2 N–H and O–H groups in total. The monoisotopic (exact) mass is 199 g/mol. The predicted molar refractivity (Wildman–Crippen MR) is 48.0 cm³/mol. The summed E-state index contributed by atoms with van der Waals surface area (Å²) in [7, 11) is 0. The quantitative estimate of drug-likeness (QED) is 0.725. The maximum absolute atomic E-state index is 13.3. The summed E-state index contributed by atoms with van der Waals surface area (Å²) in [5.41, 5.74) is 0.304. The Hall–Kier alpha value is -1.16. The third kappa shape index (κ3) is 1.57. The van der Waals surface area contributed by atoms with E-state index >= 15 is 0 Å². The average Bonchev–Trinajstić information content (AvgIpc) is 2.64. The lowest BCUT2D eigenvalue weighted by atomic mass is 10.0. The van der Waals surface area contributed by atoms with Crippen LogP contribution in [0, 0.1) is 11.6 Å². The largest absolute Gasteiger partial charge is 0.505 e. The summed E-state index contributed by atoms with van der Waals surface area (Å²) in [6, 6.07) is 1.77. The topological polar surface area (TPSA) is 32.3 Å². The van der Waals surface area contributed by atoms with E-state index in [4.69, 9.17) is 5.11 Å². The molecule has 0 saturated carbocycles. The normalized spacial score (nSPS) is 21.4. The molecule has 2 nitrogen and oxygen atoms in total. The highest BCUT2D eigenvalue weighted by Crippen LogP contribution is 2.29. The van der Waals surface area contributed by atoms with Crippen molar-refractivity contribution in [3.8, 4) is 5.75 Å². The summed E-state index contributed by atoms with van der Waals surface area (Å²) in [5.74, 6) is -1.96. The molecule has 1 heterocycles. The van der Waals surface area contributed by atoms with E-state index in [1.165, 1.54) is 0 Å². The van der Waals surface area contributed by atoms with E-state index in [0.29, 0.717) is 5.56 Å². The molecule has 76 valence electrons. The van der Waals surface area contributed by atoms with Crippen molar-refractivity contribution in [1.82, 2.24) is 5.32 Å². The molecule has 0 aliphatic carbocycles. The lowest BCUT2D eigenvalue weighted by Gasteiger charge is -2.12. The number of aromatic hydroxyl groups is 1. The van der Waals surface area contributed by atoms with E-state index in [9.17, 15) is 8.78 Å². The molecule has 0 amide bonds. The molecule has 1 fully saturated rings. The lowest BCUT2D eigenvalue weighted by molar-refractivity contribution is 0.422. The van der Waals surface area contributed by atoms with Crippen LogP contribution in [-0.2, 0) is 0 Å². The van der Waals surface area contributed by atoms with Gasteiger partial charge in [0.25, 0.3) is 0 Å². The van der Waals surface area contributed by atoms with Gasteiger partial charge >= 0.3 is 0 Å². The molecule has 1 aliphatic heterocycles. The third-order valence-corrected chi connectivity index (χ3v) is 2.50. The standard InChI is InChI=1S/C10H11F2NO/c11-7-5-10(14)8(12)4-6(7)9-2-1-3-13-9/h4-5,9,13-14H,1-3H2. The van der Waals surface area contributed by atoms with Crippen molar-refractivity contribution in [1.29, 1.82) is 0 Å². The van der Waals surface area contributed by atoms with Crippen molar-refractivity contribution in [3.05, 3.63) is 29.3 Å². The Balaban J connectivity index is 2.37. The van der Waals surface area contributed by atoms with Crippen LogP contribution in [0.4, 0.5) is 8.78 Å². The summed E-state index contributed by atoms with van der Waals surface area (Å²) in [6.45, 7) is 0.826. The first-order valence-electron chi connectivity index (χ1n) is 4.60. The van der Waals surface area contributed by atoms with Crippen LogP contribution in [0.3, 0.4) is 0 Å². The second-order valence-corrected chi connectivity index (χ2v) is 3.47. The molecule has 4 heteroatoms. The van der Waals surface area contributed by atoms with Crippen LogP contribution in [0.15, 0.2) is 12.1 Å². The van der Waals surface area contributed by atoms with Gasteiger partial charge in [0.2, 0.25) is 0 Å². The van der Waals surface area contributed by atoms with Crippen LogP contribution in [0.25, 0.3) is 0 Å². The van der Waals surface area contributed by atoms with Gasteiger partial charge in [0.1, 0.15) is 5.82 Å². The Morgan fingerprint density at radius 2 is 2.07 bits per heavy atom. The minimum Gasteiger partial charge on any atom is -0.505 e.